The highest BCUT2D eigenvalue weighted by Crippen LogP contribution is 2.27. The highest BCUT2D eigenvalue weighted by atomic mass is 16.5. The molecule has 0 saturated carbocycles. The van der Waals surface area contributed by atoms with Crippen LogP contribution < -0.4 is 15.0 Å². The molecule has 2 aromatic rings. The fraction of sp³-hybridized carbons (Fsp3) is 0.227. The number of nitrogens with zero attached hydrogens (tertiary/aromatic N) is 2. The highest BCUT2D eigenvalue weighted by molar-refractivity contribution is 6.22. The first-order valence-electron chi connectivity index (χ1n) is 9.38. The van der Waals surface area contributed by atoms with Crippen LogP contribution in [0.5, 0.6) is 5.75 Å². The van der Waals surface area contributed by atoms with E-state index in [4.69, 9.17) is 4.74 Å². The second-order valence-corrected chi connectivity index (χ2v) is 6.46. The van der Waals surface area contributed by atoms with Gasteiger partial charge in [0.25, 0.3) is 5.91 Å². The van der Waals surface area contributed by atoms with E-state index >= 15 is 0 Å². The summed E-state index contributed by atoms with van der Waals surface area (Å²) >= 11 is 0. The first-order valence-corrected chi connectivity index (χ1v) is 9.38. The van der Waals surface area contributed by atoms with Crippen molar-refractivity contribution in [3.63, 3.8) is 0 Å². The molecule has 1 heterocycles. The van der Waals surface area contributed by atoms with Crippen LogP contribution >= 0.6 is 0 Å². The Morgan fingerprint density at radius 3 is 2.45 bits per heavy atom. The van der Waals surface area contributed by atoms with Crippen molar-refractivity contribution in [2.24, 2.45) is 0 Å². The maximum Gasteiger partial charge on any atom is 0.332 e. The summed E-state index contributed by atoms with van der Waals surface area (Å²) in [5.41, 5.74) is 1.07. The molecule has 1 aliphatic heterocycles. The third-order valence-electron chi connectivity index (χ3n) is 4.49. The van der Waals surface area contributed by atoms with Crippen molar-refractivity contribution in [2.75, 3.05) is 23.4 Å². The van der Waals surface area contributed by atoms with Gasteiger partial charge in [-0.05, 0) is 43.3 Å². The summed E-state index contributed by atoms with van der Waals surface area (Å²) < 4.78 is 5.38. The smallest absolute Gasteiger partial charge is 0.332 e. The third kappa shape index (κ3) is 4.45. The molecule has 0 aromatic heterocycles. The molecule has 0 aliphatic carbocycles. The Morgan fingerprint density at radius 2 is 1.83 bits per heavy atom. The summed E-state index contributed by atoms with van der Waals surface area (Å²) in [4.78, 5) is 40.7. The first kappa shape index (κ1) is 20.1. The van der Waals surface area contributed by atoms with Crippen LogP contribution in [0.4, 0.5) is 16.2 Å². The first-order chi connectivity index (χ1) is 14.0. The van der Waals surface area contributed by atoms with Gasteiger partial charge in [-0.3, -0.25) is 9.59 Å². The molecule has 150 valence electrons. The van der Waals surface area contributed by atoms with Crippen LogP contribution in [0.2, 0.25) is 0 Å². The topological polar surface area (TPSA) is 79.0 Å². The number of para-hydroxylation sites is 1. The fourth-order valence-electron chi connectivity index (χ4n) is 3.18. The van der Waals surface area contributed by atoms with Gasteiger partial charge in [-0.25, -0.2) is 9.69 Å². The van der Waals surface area contributed by atoms with Gasteiger partial charge in [0.15, 0.2) is 0 Å². The van der Waals surface area contributed by atoms with Gasteiger partial charge in [0.05, 0.1) is 18.7 Å². The number of benzene rings is 2. The lowest BCUT2D eigenvalue weighted by atomic mass is 10.1. The Hall–Kier alpha value is -3.61. The van der Waals surface area contributed by atoms with Crippen molar-refractivity contribution < 1.29 is 19.1 Å². The van der Waals surface area contributed by atoms with E-state index < -0.39 is 18.0 Å². The summed E-state index contributed by atoms with van der Waals surface area (Å²) in [7, 11) is 0. The van der Waals surface area contributed by atoms with E-state index in [1.807, 2.05) is 6.92 Å². The van der Waals surface area contributed by atoms with E-state index in [1.54, 1.807) is 54.6 Å². The summed E-state index contributed by atoms with van der Waals surface area (Å²) in [6.07, 6.45) is 1.39. The normalized spacial score (nSPS) is 16.1. The molecule has 0 spiro atoms. The molecule has 1 atom stereocenters. The van der Waals surface area contributed by atoms with E-state index in [0.29, 0.717) is 23.7 Å². The SMILES string of the molecule is C=CCN1C(=O)N(c2ccccc2)C(=O)C1CC(=O)Nc1ccc(OCC)cc1. The number of hydrogen-bond donors (Lipinski definition) is 1. The van der Waals surface area contributed by atoms with Gasteiger partial charge in [0.1, 0.15) is 11.8 Å². The van der Waals surface area contributed by atoms with Crippen LogP contribution in [0.3, 0.4) is 0 Å². The number of hydrogen-bond acceptors (Lipinski definition) is 4. The van der Waals surface area contributed by atoms with Crippen molar-refractivity contribution in [1.82, 2.24) is 4.90 Å². The van der Waals surface area contributed by atoms with Gasteiger partial charge in [0, 0.05) is 12.2 Å². The number of carbonyl (C=O) groups excluding carboxylic acids is 3. The molecule has 1 aliphatic rings. The molecule has 7 nitrogen and oxygen atoms in total. The molecule has 7 heteroatoms. The zero-order valence-electron chi connectivity index (χ0n) is 16.2. The van der Waals surface area contributed by atoms with E-state index in [0.717, 1.165) is 4.90 Å². The maximum atomic E-state index is 12.9. The maximum absolute atomic E-state index is 12.9. The van der Waals surface area contributed by atoms with Crippen LogP contribution in [0.25, 0.3) is 0 Å². The zero-order chi connectivity index (χ0) is 20.8. The number of anilines is 2. The highest BCUT2D eigenvalue weighted by Gasteiger charge is 2.46. The van der Waals surface area contributed by atoms with Crippen molar-refractivity contribution in [3.05, 3.63) is 67.3 Å². The number of nitrogens with one attached hydrogen (secondary N) is 1. The predicted molar refractivity (Wildman–Crippen MR) is 111 cm³/mol. The van der Waals surface area contributed by atoms with Gasteiger partial charge >= 0.3 is 6.03 Å². The van der Waals surface area contributed by atoms with Gasteiger partial charge in [0.2, 0.25) is 5.91 Å². The average Bonchev–Trinajstić information content (AvgIpc) is 2.94. The van der Waals surface area contributed by atoms with Gasteiger partial charge in [-0.2, -0.15) is 0 Å². The lowest BCUT2D eigenvalue weighted by Gasteiger charge is -2.19. The van der Waals surface area contributed by atoms with Crippen LogP contribution in [0.15, 0.2) is 67.3 Å². The minimum atomic E-state index is -0.886. The lowest BCUT2D eigenvalue weighted by Crippen LogP contribution is -2.38. The number of urea groups is 1. The number of imide groups is 1. The monoisotopic (exact) mass is 393 g/mol. The molecule has 1 N–H and O–H groups in total. The molecular weight excluding hydrogens is 370 g/mol. The Labute approximate surface area is 169 Å². The van der Waals surface area contributed by atoms with Crippen LogP contribution in [0, 0.1) is 0 Å². The Balaban J connectivity index is 1.73. The van der Waals surface area contributed by atoms with E-state index in [9.17, 15) is 14.4 Å². The number of amides is 4. The molecular formula is C22H23N3O4. The molecule has 1 saturated heterocycles. The summed E-state index contributed by atoms with van der Waals surface area (Å²) in [6, 6.07) is 14.3. The Bertz CT molecular complexity index is 896. The Morgan fingerprint density at radius 1 is 1.14 bits per heavy atom. The molecule has 3 rings (SSSR count). The lowest BCUT2D eigenvalue weighted by molar-refractivity contribution is -0.124. The molecule has 2 aromatic carbocycles. The molecule has 1 unspecified atom stereocenters. The van der Waals surface area contributed by atoms with Crippen LogP contribution in [-0.2, 0) is 9.59 Å². The van der Waals surface area contributed by atoms with Gasteiger partial charge in [-0.1, -0.05) is 24.3 Å². The van der Waals surface area contributed by atoms with Gasteiger partial charge in [-0.15, -0.1) is 6.58 Å². The van der Waals surface area contributed by atoms with Gasteiger partial charge < -0.3 is 15.0 Å². The van der Waals surface area contributed by atoms with Crippen molar-refractivity contribution in [1.29, 1.82) is 0 Å². The molecule has 0 bridgehead atoms. The molecule has 4 amide bonds. The minimum Gasteiger partial charge on any atom is -0.494 e. The molecule has 29 heavy (non-hydrogen) atoms. The predicted octanol–water partition coefficient (Wildman–Crippen LogP) is 3.44. The van der Waals surface area contributed by atoms with E-state index in [2.05, 4.69) is 11.9 Å². The van der Waals surface area contributed by atoms with Crippen LogP contribution in [0.1, 0.15) is 13.3 Å². The summed E-state index contributed by atoms with van der Waals surface area (Å²) in [6.45, 7) is 6.27. The number of carbonyl (C=O) groups is 3. The Kier molecular flexibility index (Phi) is 6.29. The second-order valence-electron chi connectivity index (χ2n) is 6.46. The van der Waals surface area contributed by atoms with Crippen molar-refractivity contribution >= 4 is 29.2 Å². The molecule has 0 radical (unpaired) electrons. The minimum absolute atomic E-state index is 0.144. The van der Waals surface area contributed by atoms with E-state index in [1.165, 1.54) is 11.0 Å². The summed E-state index contributed by atoms with van der Waals surface area (Å²) in [5, 5.41) is 2.76. The average molecular weight is 393 g/mol. The van der Waals surface area contributed by atoms with Crippen molar-refractivity contribution in [2.45, 2.75) is 19.4 Å². The fourth-order valence-corrected chi connectivity index (χ4v) is 3.18. The quantitative estimate of drug-likeness (QED) is 0.550. The summed E-state index contributed by atoms with van der Waals surface area (Å²) in [5.74, 6) is -0.0769. The third-order valence-corrected chi connectivity index (χ3v) is 4.49. The number of rotatable bonds is 8. The second kappa shape index (κ2) is 9.05. The van der Waals surface area contributed by atoms with E-state index in [-0.39, 0.29) is 18.9 Å². The number of ether oxygens (including phenoxy) is 1. The zero-order valence-corrected chi connectivity index (χ0v) is 16.2. The van der Waals surface area contributed by atoms with Crippen LogP contribution in [-0.4, -0.2) is 41.9 Å². The standard InChI is InChI=1S/C22H23N3O4/c1-3-14-24-19(21(27)25(22(24)28)17-8-6-5-7-9-17)15-20(26)23-16-10-12-18(13-11-16)29-4-2/h3,5-13,19H,1,4,14-15H2,2H3,(H,23,26). The van der Waals surface area contributed by atoms with Crippen molar-refractivity contribution in [3.8, 4) is 5.75 Å². The molecule has 1 fully saturated rings. The largest absolute Gasteiger partial charge is 0.494 e.